The van der Waals surface area contributed by atoms with Gasteiger partial charge in [-0.05, 0) is 207 Å². The fourth-order valence-corrected chi connectivity index (χ4v) is 14.3. The second kappa shape index (κ2) is 24.7. The van der Waals surface area contributed by atoms with Crippen molar-refractivity contribution in [3.05, 3.63) is 316 Å². The van der Waals surface area contributed by atoms with E-state index in [0.29, 0.717) is 0 Å². The molecule has 0 spiro atoms. The Morgan fingerprint density at radius 1 is 0.208 bits per heavy atom. The number of nitrogens with one attached hydrogen (secondary N) is 5. The van der Waals surface area contributed by atoms with Crippen molar-refractivity contribution in [2.75, 3.05) is 0 Å². The number of furan rings is 1. The van der Waals surface area contributed by atoms with E-state index in [9.17, 15) is 0 Å². The fourth-order valence-electron chi connectivity index (χ4n) is 14.3. The van der Waals surface area contributed by atoms with E-state index in [1.165, 1.54) is 27.8 Å². The molecule has 3 aliphatic heterocycles. The van der Waals surface area contributed by atoms with Gasteiger partial charge in [0.15, 0.2) is 0 Å². The van der Waals surface area contributed by atoms with Crippen LogP contribution in [-0.2, 0) is 0 Å². The van der Waals surface area contributed by atoms with Gasteiger partial charge in [-0.15, -0.1) is 0 Å². The highest BCUT2D eigenvalue weighted by Crippen LogP contribution is 2.41. The highest BCUT2D eigenvalue weighted by Gasteiger charge is 2.21. The predicted molar refractivity (Wildman–Crippen MR) is 420 cm³/mol. The van der Waals surface area contributed by atoms with Crippen molar-refractivity contribution in [2.24, 2.45) is 0 Å². The Morgan fingerprint density at radius 3 is 0.713 bits per heavy atom. The Morgan fingerprint density at radius 2 is 0.416 bits per heavy atom. The van der Waals surface area contributed by atoms with E-state index < -0.39 is 0 Å². The molecule has 9 nitrogen and oxygen atoms in total. The van der Waals surface area contributed by atoms with Gasteiger partial charge in [0.1, 0.15) is 11.2 Å². The summed E-state index contributed by atoms with van der Waals surface area (Å²) in [5.74, 6) is 7.02. The minimum Gasteiger partial charge on any atom is -0.456 e. The van der Waals surface area contributed by atoms with Gasteiger partial charge in [0.05, 0.1) is 61.7 Å². The van der Waals surface area contributed by atoms with Crippen LogP contribution in [0, 0.1) is 46.5 Å². The minimum atomic E-state index is 0.753. The number of aromatic nitrogens is 8. The van der Waals surface area contributed by atoms with Crippen LogP contribution in [0.3, 0.4) is 0 Å². The number of aromatic amines is 5. The first kappa shape index (κ1) is 60.1. The molecular formula is C92H66N8O. The quantitative estimate of drug-likeness (QED) is 0.102. The molecule has 0 atom stereocenters. The second-order valence-corrected chi connectivity index (χ2v) is 26.6. The third kappa shape index (κ3) is 11.3. The molecule has 8 aromatic heterocycles. The van der Waals surface area contributed by atoms with Crippen LogP contribution in [0.4, 0.5) is 0 Å². The van der Waals surface area contributed by atoms with E-state index in [1.807, 2.05) is 0 Å². The number of H-pyrrole nitrogens is 5. The van der Waals surface area contributed by atoms with E-state index >= 15 is 0 Å². The van der Waals surface area contributed by atoms with E-state index in [-0.39, 0.29) is 0 Å². The third-order valence-electron chi connectivity index (χ3n) is 19.6. The fraction of sp³-hybridized carbons (Fsp3) is 0.0543. The van der Waals surface area contributed by atoms with Crippen molar-refractivity contribution in [3.63, 3.8) is 0 Å². The van der Waals surface area contributed by atoms with Gasteiger partial charge in [-0.1, -0.05) is 185 Å². The van der Waals surface area contributed by atoms with Crippen LogP contribution >= 0.6 is 0 Å². The van der Waals surface area contributed by atoms with Crippen molar-refractivity contribution in [2.45, 2.75) is 34.6 Å². The normalized spacial score (nSPS) is 12.0. The zero-order valence-corrected chi connectivity index (χ0v) is 56.3. The highest BCUT2D eigenvalue weighted by atomic mass is 16.3. The van der Waals surface area contributed by atoms with Crippen LogP contribution < -0.4 is 0 Å². The number of nitrogens with zero attached hydrogens (tertiary/aromatic N) is 3. The summed E-state index contributed by atoms with van der Waals surface area (Å²) >= 11 is 0. The summed E-state index contributed by atoms with van der Waals surface area (Å²) < 4.78 is 6.98. The molecule has 9 heteroatoms. The zero-order chi connectivity index (χ0) is 67.8. The SMILES string of the molecule is Cc1ccc(-c2c3nc(c(-c4ccc(C)cc4)c4ccc([nH]4)c(-c4ccc(C#Cc5ccc(-c6c7nc(c8ccc([nH]8)c(-c8ccc(C)cc8)c8ccc(o8)c(-c8ccc(C)cc8)c8ccc([nH]8)c8ccc6[nH]8)C=C7)cc5)cc4)c4nc(c(-c5ccc(C)cc5)c5ccc2[nH]5)C=C4)C=C3)cc1. The number of fused-ring (bicyclic) bond motifs is 20. The van der Waals surface area contributed by atoms with Crippen molar-refractivity contribution in [3.8, 4) is 89.7 Å². The van der Waals surface area contributed by atoms with Crippen molar-refractivity contribution >= 4 is 103 Å². The summed E-state index contributed by atoms with van der Waals surface area (Å²) in [4.78, 5) is 35.6. The van der Waals surface area contributed by atoms with Gasteiger partial charge in [-0.2, -0.15) is 0 Å². The first-order chi connectivity index (χ1) is 49.5. The van der Waals surface area contributed by atoms with E-state index in [4.69, 9.17) is 19.4 Å². The van der Waals surface area contributed by atoms with Gasteiger partial charge in [0, 0.05) is 77.7 Å². The molecule has 0 radical (unpaired) electrons. The summed E-state index contributed by atoms with van der Waals surface area (Å²) in [7, 11) is 0. The van der Waals surface area contributed by atoms with Crippen LogP contribution in [-0.4, -0.2) is 39.9 Å². The Labute approximate surface area is 583 Å². The molecule has 18 rings (SSSR count). The molecule has 3 aliphatic rings. The summed E-state index contributed by atoms with van der Waals surface area (Å²) in [6.45, 7) is 10.6. The molecule has 0 saturated heterocycles. The first-order valence-corrected chi connectivity index (χ1v) is 34.2. The van der Waals surface area contributed by atoms with E-state index in [0.717, 1.165) is 190 Å². The maximum Gasteiger partial charge on any atom is 0.137 e. The number of rotatable bonds is 7. The summed E-state index contributed by atoms with van der Waals surface area (Å²) in [5, 5.41) is 0. The Bertz CT molecular complexity index is 6320. The molecule has 0 amide bonds. The van der Waals surface area contributed by atoms with E-state index in [2.05, 4.69) is 350 Å². The maximum atomic E-state index is 6.98. The number of hydrogen-bond donors (Lipinski definition) is 5. The summed E-state index contributed by atoms with van der Waals surface area (Å²) in [6, 6.07) is 86.1. The summed E-state index contributed by atoms with van der Waals surface area (Å²) in [5.41, 5.74) is 37.9. The Kier molecular flexibility index (Phi) is 14.7. The Balaban J connectivity index is 0.751. The minimum absolute atomic E-state index is 0.753. The molecule has 5 N–H and O–H groups in total. The molecule has 480 valence electrons. The van der Waals surface area contributed by atoms with Crippen LogP contribution in [0.5, 0.6) is 0 Å². The topological polar surface area (TPSA) is 131 Å². The van der Waals surface area contributed by atoms with Crippen LogP contribution in [0.2, 0.25) is 0 Å². The van der Waals surface area contributed by atoms with Gasteiger partial charge >= 0.3 is 0 Å². The average Bonchev–Trinajstić information content (AvgIpc) is 1.63. The van der Waals surface area contributed by atoms with Crippen LogP contribution in [0.1, 0.15) is 73.1 Å². The monoisotopic (exact) mass is 1300 g/mol. The lowest BCUT2D eigenvalue weighted by Crippen LogP contribution is -1.90. The van der Waals surface area contributed by atoms with Crippen molar-refractivity contribution in [1.82, 2.24) is 39.9 Å². The largest absolute Gasteiger partial charge is 0.456 e. The highest BCUT2D eigenvalue weighted by molar-refractivity contribution is 6.02. The van der Waals surface area contributed by atoms with Gasteiger partial charge in [-0.25, -0.2) is 15.0 Å². The number of benzene rings is 7. The average molecular weight is 1300 g/mol. The standard InChI is InChI=1S/C92H66N8O/c1-54-6-22-61(23-7-54)86-74-44-46-76(97-74)87(62-24-8-55(2)9-25-62)78-48-50-80(99-78)90(81-51-49-79(100-81)88(77-47-45-75(86)98-77)63-26-10-56(3)11-27-63)65-34-20-60(21-35-65)17-16-59-18-32-64(33-19-59)89-72-40-36-68(93-72)70-38-42-82(95-70)91(66-28-12-57(4)13-29-66)84-52-53-85(101-84)92(67-30-14-58(5)15-31-67)83-43-39-71(96-83)69-37-41-73(89)94-69/h6-15,18-53,93,95-97,100H,1-5H3. The smallest absolute Gasteiger partial charge is 0.137 e. The second-order valence-electron chi connectivity index (χ2n) is 26.6. The van der Waals surface area contributed by atoms with Gasteiger partial charge in [-0.3, -0.25) is 0 Å². The predicted octanol–water partition coefficient (Wildman–Crippen LogP) is 23.6. The molecule has 11 heterocycles. The first-order valence-electron chi connectivity index (χ1n) is 34.2. The third-order valence-corrected chi connectivity index (χ3v) is 19.6. The molecule has 0 unspecified atom stereocenters. The molecule has 7 aromatic carbocycles. The summed E-state index contributed by atoms with van der Waals surface area (Å²) in [6.07, 6.45) is 12.8. The molecule has 18 bridgehead atoms. The van der Waals surface area contributed by atoms with Gasteiger partial charge in [0.25, 0.3) is 0 Å². The van der Waals surface area contributed by atoms with Gasteiger partial charge in [0.2, 0.25) is 0 Å². The number of aryl methyl sites for hydroxylation is 5. The lowest BCUT2D eigenvalue weighted by molar-refractivity contribution is 0.668. The van der Waals surface area contributed by atoms with E-state index in [1.54, 1.807) is 0 Å². The molecular weight excluding hydrogens is 1230 g/mol. The van der Waals surface area contributed by atoms with Gasteiger partial charge < -0.3 is 29.3 Å². The molecule has 0 aliphatic carbocycles. The van der Waals surface area contributed by atoms with Crippen LogP contribution in [0.25, 0.3) is 181 Å². The lowest BCUT2D eigenvalue weighted by atomic mass is 10.0. The molecule has 0 saturated carbocycles. The molecule has 0 fully saturated rings. The molecule has 101 heavy (non-hydrogen) atoms. The number of hydrogen-bond acceptors (Lipinski definition) is 4. The van der Waals surface area contributed by atoms with Crippen LogP contribution in [0.15, 0.2) is 247 Å². The maximum absolute atomic E-state index is 6.98. The Hall–Kier alpha value is -13.3. The zero-order valence-electron chi connectivity index (χ0n) is 56.3. The lowest BCUT2D eigenvalue weighted by Gasteiger charge is -2.07. The van der Waals surface area contributed by atoms with Crippen molar-refractivity contribution in [1.29, 1.82) is 0 Å². The van der Waals surface area contributed by atoms with Crippen molar-refractivity contribution < 1.29 is 4.42 Å². The molecule has 15 aromatic rings.